The Kier molecular flexibility index (Phi) is 3.92. The molecule has 0 N–H and O–H groups in total. The fourth-order valence-corrected chi connectivity index (χ4v) is 2.19. The maximum atomic E-state index is 13.1. The van der Waals surface area contributed by atoms with Crippen LogP contribution in [0.4, 0.5) is 4.39 Å². The molecule has 6 nitrogen and oxygen atoms in total. The van der Waals surface area contributed by atoms with Crippen LogP contribution < -0.4 is 4.74 Å². The highest BCUT2D eigenvalue weighted by Crippen LogP contribution is 2.25. The van der Waals surface area contributed by atoms with E-state index >= 15 is 0 Å². The number of rotatable bonds is 4. The molecule has 23 heavy (non-hydrogen) atoms. The Balaban J connectivity index is 1.88. The third-order valence-corrected chi connectivity index (χ3v) is 3.35. The molecule has 0 fully saturated rings. The molecule has 0 amide bonds. The molecular weight excluding hydrogens is 301 g/mol. The maximum absolute atomic E-state index is 13.1. The molecule has 7 heteroatoms. The first kappa shape index (κ1) is 15.0. The molecule has 0 aliphatic heterocycles. The van der Waals surface area contributed by atoms with E-state index in [1.165, 1.54) is 24.6 Å². The Morgan fingerprint density at radius 2 is 2.09 bits per heavy atom. The number of carbonyl (C=O) groups is 1. The van der Waals surface area contributed by atoms with Crippen LogP contribution in [0.5, 0.6) is 5.88 Å². The predicted octanol–water partition coefficient (Wildman–Crippen LogP) is 3.15. The summed E-state index contributed by atoms with van der Waals surface area (Å²) in [5.74, 6) is -0.886. The molecule has 0 aliphatic rings. The van der Waals surface area contributed by atoms with Gasteiger partial charge >= 0.3 is 11.9 Å². The molecule has 0 aliphatic carbocycles. The lowest BCUT2D eigenvalue weighted by Crippen LogP contribution is -2.15. The van der Waals surface area contributed by atoms with Crippen LogP contribution in [0.15, 0.2) is 47.2 Å². The van der Waals surface area contributed by atoms with Gasteiger partial charge in [-0.25, -0.2) is 18.9 Å². The third kappa shape index (κ3) is 3.13. The van der Waals surface area contributed by atoms with Crippen molar-refractivity contribution in [3.05, 3.63) is 65.8 Å². The minimum atomic E-state index is -0.706. The molecular formula is C16H14FN3O3. The van der Waals surface area contributed by atoms with Gasteiger partial charge in [0.05, 0.1) is 17.9 Å². The van der Waals surface area contributed by atoms with E-state index in [9.17, 15) is 9.18 Å². The van der Waals surface area contributed by atoms with Gasteiger partial charge in [0, 0.05) is 6.07 Å². The van der Waals surface area contributed by atoms with Crippen molar-refractivity contribution in [1.29, 1.82) is 0 Å². The summed E-state index contributed by atoms with van der Waals surface area (Å²) in [6.45, 7) is 3.67. The van der Waals surface area contributed by atoms with Crippen molar-refractivity contribution < 1.29 is 18.3 Å². The smallest absolute Gasteiger partial charge is 0.401 e. The van der Waals surface area contributed by atoms with E-state index in [1.54, 1.807) is 29.8 Å². The Labute approximate surface area is 131 Å². The van der Waals surface area contributed by atoms with Crippen molar-refractivity contribution >= 4 is 5.97 Å². The van der Waals surface area contributed by atoms with Crippen LogP contribution in [0.25, 0.3) is 0 Å². The number of ether oxygens (including phenoxy) is 1. The van der Waals surface area contributed by atoms with Gasteiger partial charge in [-0.2, -0.15) is 5.10 Å². The van der Waals surface area contributed by atoms with Gasteiger partial charge in [-0.15, -0.1) is 0 Å². The van der Waals surface area contributed by atoms with Crippen LogP contribution >= 0.6 is 0 Å². The van der Waals surface area contributed by atoms with Gasteiger partial charge in [0.2, 0.25) is 5.88 Å². The second kappa shape index (κ2) is 6.04. The Morgan fingerprint density at radius 3 is 2.74 bits per heavy atom. The van der Waals surface area contributed by atoms with Crippen LogP contribution in [0.1, 0.15) is 34.9 Å². The molecule has 2 heterocycles. The lowest BCUT2D eigenvalue weighted by molar-refractivity contribution is 0.0674. The SMILES string of the molecule is Cc1cc(OC(=O)c2ncco2)n(C(C)c2ccc(F)cc2)n1. The average molecular weight is 315 g/mol. The van der Waals surface area contributed by atoms with Crippen molar-refractivity contribution in [1.82, 2.24) is 14.8 Å². The standard InChI is InChI=1S/C16H14FN3O3/c1-10-9-14(23-16(21)15-18-7-8-22-15)20(19-10)11(2)12-3-5-13(17)6-4-12/h3-9,11H,1-2H3. The van der Waals surface area contributed by atoms with Crippen LogP contribution in [0, 0.1) is 12.7 Å². The minimum absolute atomic E-state index is 0.134. The minimum Gasteiger partial charge on any atom is -0.440 e. The number of aromatic nitrogens is 3. The van der Waals surface area contributed by atoms with E-state index in [4.69, 9.17) is 9.15 Å². The fraction of sp³-hybridized carbons (Fsp3) is 0.188. The molecule has 0 radical (unpaired) electrons. The summed E-state index contributed by atoms with van der Waals surface area (Å²) in [5, 5.41) is 4.34. The molecule has 3 aromatic rings. The lowest BCUT2D eigenvalue weighted by Gasteiger charge is -2.15. The number of aryl methyl sites for hydroxylation is 1. The van der Waals surface area contributed by atoms with Crippen molar-refractivity contribution in [3.63, 3.8) is 0 Å². The highest BCUT2D eigenvalue weighted by molar-refractivity contribution is 5.85. The molecule has 3 rings (SSSR count). The number of hydrogen-bond donors (Lipinski definition) is 0. The molecule has 1 atom stereocenters. The van der Waals surface area contributed by atoms with Gasteiger partial charge in [-0.3, -0.25) is 0 Å². The second-order valence-electron chi connectivity index (χ2n) is 5.02. The van der Waals surface area contributed by atoms with Gasteiger partial charge in [0.15, 0.2) is 0 Å². The van der Waals surface area contributed by atoms with E-state index in [1.807, 2.05) is 6.92 Å². The molecule has 0 saturated heterocycles. The summed E-state index contributed by atoms with van der Waals surface area (Å²) < 4.78 is 24.8. The number of nitrogens with zero attached hydrogens (tertiary/aromatic N) is 3. The van der Waals surface area contributed by atoms with Gasteiger partial charge in [-0.1, -0.05) is 12.1 Å². The maximum Gasteiger partial charge on any atom is 0.401 e. The number of halogens is 1. The highest BCUT2D eigenvalue weighted by atomic mass is 19.1. The van der Waals surface area contributed by atoms with E-state index in [0.29, 0.717) is 5.69 Å². The zero-order valence-electron chi connectivity index (χ0n) is 12.6. The largest absolute Gasteiger partial charge is 0.440 e. The van der Waals surface area contributed by atoms with Crippen LogP contribution in [0.3, 0.4) is 0 Å². The average Bonchev–Trinajstić information content (AvgIpc) is 3.17. The van der Waals surface area contributed by atoms with Crippen LogP contribution in [-0.4, -0.2) is 20.7 Å². The molecule has 0 saturated carbocycles. The van der Waals surface area contributed by atoms with Crippen molar-refractivity contribution in [3.8, 4) is 5.88 Å². The van der Waals surface area contributed by atoms with Crippen LogP contribution in [0.2, 0.25) is 0 Å². The van der Waals surface area contributed by atoms with Crippen molar-refractivity contribution in [2.75, 3.05) is 0 Å². The van der Waals surface area contributed by atoms with E-state index in [-0.39, 0.29) is 23.6 Å². The second-order valence-corrected chi connectivity index (χ2v) is 5.02. The number of oxazole rings is 1. The summed E-state index contributed by atoms with van der Waals surface area (Å²) in [4.78, 5) is 15.7. The molecule has 2 aromatic heterocycles. The summed E-state index contributed by atoms with van der Waals surface area (Å²) in [6.07, 6.45) is 2.65. The monoisotopic (exact) mass is 315 g/mol. The Hall–Kier alpha value is -2.96. The van der Waals surface area contributed by atoms with Crippen LogP contribution in [-0.2, 0) is 0 Å². The first-order valence-corrected chi connectivity index (χ1v) is 6.98. The van der Waals surface area contributed by atoms with Gasteiger partial charge in [-0.05, 0) is 31.5 Å². The lowest BCUT2D eigenvalue weighted by atomic mass is 10.1. The summed E-state index contributed by atoms with van der Waals surface area (Å²) in [6, 6.07) is 7.48. The molecule has 118 valence electrons. The number of benzene rings is 1. The van der Waals surface area contributed by atoms with E-state index in [2.05, 4.69) is 10.1 Å². The molecule has 0 bridgehead atoms. The highest BCUT2D eigenvalue weighted by Gasteiger charge is 2.20. The van der Waals surface area contributed by atoms with Crippen molar-refractivity contribution in [2.45, 2.75) is 19.9 Å². The summed E-state index contributed by atoms with van der Waals surface area (Å²) in [7, 11) is 0. The third-order valence-electron chi connectivity index (χ3n) is 3.35. The Bertz CT molecular complexity index is 810. The zero-order valence-corrected chi connectivity index (χ0v) is 12.6. The van der Waals surface area contributed by atoms with Crippen molar-refractivity contribution in [2.24, 2.45) is 0 Å². The number of esters is 1. The number of hydrogen-bond acceptors (Lipinski definition) is 5. The summed E-state index contributed by atoms with van der Waals surface area (Å²) >= 11 is 0. The predicted molar refractivity (Wildman–Crippen MR) is 78.6 cm³/mol. The Morgan fingerprint density at radius 1 is 1.35 bits per heavy atom. The van der Waals surface area contributed by atoms with Gasteiger partial charge in [0.1, 0.15) is 12.1 Å². The fourth-order valence-electron chi connectivity index (χ4n) is 2.19. The topological polar surface area (TPSA) is 70.2 Å². The molecule has 1 unspecified atom stereocenters. The molecule has 0 spiro atoms. The number of carbonyl (C=O) groups excluding carboxylic acids is 1. The van der Waals surface area contributed by atoms with E-state index < -0.39 is 5.97 Å². The summed E-state index contributed by atoms with van der Waals surface area (Å²) in [5.41, 5.74) is 1.53. The quantitative estimate of drug-likeness (QED) is 0.692. The van der Waals surface area contributed by atoms with Gasteiger partial charge in [0.25, 0.3) is 0 Å². The zero-order chi connectivity index (χ0) is 16.4. The normalized spacial score (nSPS) is 12.1. The van der Waals surface area contributed by atoms with E-state index in [0.717, 1.165) is 5.56 Å². The first-order chi connectivity index (χ1) is 11.0. The molecule has 1 aromatic carbocycles. The first-order valence-electron chi connectivity index (χ1n) is 6.98. The van der Waals surface area contributed by atoms with Gasteiger partial charge < -0.3 is 9.15 Å².